The van der Waals surface area contributed by atoms with Gasteiger partial charge in [-0.2, -0.15) is 13.2 Å². The van der Waals surface area contributed by atoms with E-state index in [1.54, 1.807) is 11.8 Å². The number of halogens is 4. The molecule has 3 atom stereocenters. The Bertz CT molecular complexity index is 1330. The van der Waals surface area contributed by atoms with Crippen molar-refractivity contribution in [3.63, 3.8) is 0 Å². The molecular formula is C24H23F4N5O3. The van der Waals surface area contributed by atoms with E-state index in [0.717, 1.165) is 12.5 Å². The summed E-state index contributed by atoms with van der Waals surface area (Å²) in [6.07, 6.45) is -0.363. The minimum Gasteiger partial charge on any atom is -0.495 e. The van der Waals surface area contributed by atoms with E-state index < -0.39 is 29.1 Å². The predicted molar refractivity (Wildman–Crippen MR) is 120 cm³/mol. The van der Waals surface area contributed by atoms with Crippen molar-refractivity contribution in [1.82, 2.24) is 20.1 Å². The van der Waals surface area contributed by atoms with Gasteiger partial charge in [0, 0.05) is 31.1 Å². The number of hydrogen-bond acceptors (Lipinski definition) is 6. The van der Waals surface area contributed by atoms with Crippen LogP contribution in [-0.2, 0) is 11.7 Å². The summed E-state index contributed by atoms with van der Waals surface area (Å²) in [5.41, 5.74) is -2.70. The summed E-state index contributed by atoms with van der Waals surface area (Å²) < 4.78 is 67.0. The largest absolute Gasteiger partial charge is 0.495 e. The highest BCUT2D eigenvalue weighted by Crippen LogP contribution is 2.55. The van der Waals surface area contributed by atoms with E-state index in [9.17, 15) is 22.4 Å². The highest BCUT2D eigenvalue weighted by Gasteiger charge is 2.62. The first-order valence-electron chi connectivity index (χ1n) is 11.3. The van der Waals surface area contributed by atoms with Crippen molar-refractivity contribution in [1.29, 1.82) is 0 Å². The standard InChI is InChI=1S/C24H23F4N5O3/c1-12-4-15-9-23(8-12,21-32-31-13(2)36-21)33(15)22(34)30-20-6-17(14-5-16(35-3)11-29-10-14)18(7-19(20)25)24(26,27)28/h5-7,10-12,15H,4,8-9H2,1-3H3,(H,30,34)/t12-,15?,23?/m1/s1. The highest BCUT2D eigenvalue weighted by molar-refractivity contribution is 5.92. The lowest BCUT2D eigenvalue weighted by atomic mass is 9.64. The van der Waals surface area contributed by atoms with Crippen LogP contribution in [-0.4, -0.2) is 39.3 Å². The molecule has 2 fully saturated rings. The number of anilines is 1. The number of ether oxygens (including phenoxy) is 1. The number of aromatic nitrogens is 3. The van der Waals surface area contributed by atoms with Crippen molar-refractivity contribution in [2.45, 2.75) is 50.9 Å². The average molecular weight is 505 g/mol. The van der Waals surface area contributed by atoms with Crippen LogP contribution < -0.4 is 10.1 Å². The number of pyridine rings is 1. The maximum atomic E-state index is 14.9. The van der Waals surface area contributed by atoms with Gasteiger partial charge in [-0.3, -0.25) is 4.98 Å². The zero-order chi connectivity index (χ0) is 25.8. The van der Waals surface area contributed by atoms with Crippen LogP contribution in [0.5, 0.6) is 5.75 Å². The fraction of sp³-hybridized carbons (Fsp3) is 0.417. The zero-order valence-electron chi connectivity index (χ0n) is 19.7. The summed E-state index contributed by atoms with van der Waals surface area (Å²) in [7, 11) is 1.35. The fourth-order valence-corrected chi connectivity index (χ4v) is 5.43. The molecule has 12 heteroatoms. The number of aryl methyl sites for hydroxylation is 1. The number of fused-ring (bicyclic) bond motifs is 2. The smallest absolute Gasteiger partial charge is 0.417 e. The molecule has 2 aliphatic heterocycles. The molecule has 3 aromatic rings. The zero-order valence-corrected chi connectivity index (χ0v) is 19.7. The predicted octanol–water partition coefficient (Wildman–Crippen LogP) is 5.54. The number of hydrogen-bond donors (Lipinski definition) is 1. The maximum absolute atomic E-state index is 14.9. The lowest BCUT2D eigenvalue weighted by Gasteiger charge is -2.61. The SMILES string of the molecule is COc1cncc(-c2cc(NC(=O)N3C4C[C@@H](C)CC3(c3nnc(C)o3)C4)c(F)cc2C(F)(F)F)c1. The molecule has 1 N–H and O–H groups in total. The first-order valence-corrected chi connectivity index (χ1v) is 11.3. The Morgan fingerprint density at radius 2 is 2.00 bits per heavy atom. The Hall–Kier alpha value is -3.70. The summed E-state index contributed by atoms with van der Waals surface area (Å²) in [5.74, 6) is -0.0393. The van der Waals surface area contributed by atoms with Crippen molar-refractivity contribution >= 4 is 11.7 Å². The first kappa shape index (κ1) is 24.0. The fourth-order valence-electron chi connectivity index (χ4n) is 5.43. The van der Waals surface area contributed by atoms with Crippen molar-refractivity contribution in [3.05, 3.63) is 53.8 Å². The van der Waals surface area contributed by atoms with E-state index in [-0.39, 0.29) is 34.5 Å². The number of urea groups is 1. The molecule has 190 valence electrons. The quantitative estimate of drug-likeness (QED) is 0.468. The van der Waals surface area contributed by atoms with Crippen molar-refractivity contribution < 1.29 is 31.5 Å². The van der Waals surface area contributed by atoms with E-state index in [2.05, 4.69) is 27.4 Å². The number of nitrogens with one attached hydrogen (secondary N) is 1. The van der Waals surface area contributed by atoms with E-state index in [4.69, 9.17) is 9.15 Å². The summed E-state index contributed by atoms with van der Waals surface area (Å²) in [6, 6.07) is 1.91. The van der Waals surface area contributed by atoms with Crippen LogP contribution in [0.25, 0.3) is 11.1 Å². The molecule has 2 saturated heterocycles. The molecule has 8 nitrogen and oxygen atoms in total. The van der Waals surface area contributed by atoms with Crippen LogP contribution in [0.15, 0.2) is 35.0 Å². The molecule has 2 aromatic heterocycles. The molecule has 1 aromatic carbocycles. The third-order valence-corrected chi connectivity index (χ3v) is 6.82. The number of amides is 2. The lowest BCUT2D eigenvalue weighted by Crippen LogP contribution is -2.70. The van der Waals surface area contributed by atoms with Gasteiger partial charge >= 0.3 is 12.2 Å². The number of nitrogens with zero attached hydrogens (tertiary/aromatic N) is 4. The van der Waals surface area contributed by atoms with Crippen molar-refractivity contribution in [2.24, 2.45) is 5.92 Å². The molecule has 36 heavy (non-hydrogen) atoms. The van der Waals surface area contributed by atoms with E-state index in [1.807, 2.05) is 0 Å². The van der Waals surface area contributed by atoms with Gasteiger partial charge in [-0.25, -0.2) is 9.18 Å². The van der Waals surface area contributed by atoms with Crippen LogP contribution >= 0.6 is 0 Å². The molecule has 2 unspecified atom stereocenters. The summed E-state index contributed by atoms with van der Waals surface area (Å²) in [4.78, 5) is 18.8. The Kier molecular flexibility index (Phi) is 5.64. The van der Waals surface area contributed by atoms with Gasteiger partial charge in [0.05, 0.1) is 24.6 Å². The monoisotopic (exact) mass is 505 g/mol. The maximum Gasteiger partial charge on any atom is 0.417 e. The second kappa shape index (κ2) is 8.45. The van der Waals surface area contributed by atoms with Gasteiger partial charge in [-0.1, -0.05) is 6.92 Å². The number of benzene rings is 1. The summed E-state index contributed by atoms with van der Waals surface area (Å²) in [5, 5.41) is 10.5. The van der Waals surface area contributed by atoms with Gasteiger partial charge in [0.2, 0.25) is 11.8 Å². The molecule has 0 radical (unpaired) electrons. The van der Waals surface area contributed by atoms with Crippen LogP contribution in [0.3, 0.4) is 0 Å². The second-order valence-electron chi connectivity index (χ2n) is 9.35. The molecule has 0 saturated carbocycles. The minimum atomic E-state index is -4.84. The highest BCUT2D eigenvalue weighted by atomic mass is 19.4. The van der Waals surface area contributed by atoms with E-state index in [0.29, 0.717) is 30.7 Å². The van der Waals surface area contributed by atoms with E-state index >= 15 is 0 Å². The number of piperidine rings is 1. The summed E-state index contributed by atoms with van der Waals surface area (Å²) in [6.45, 7) is 3.70. The molecule has 4 heterocycles. The minimum absolute atomic E-state index is 0.0598. The number of rotatable bonds is 4. The van der Waals surface area contributed by atoms with Crippen LogP contribution in [0.1, 0.15) is 43.5 Å². The topological polar surface area (TPSA) is 93.4 Å². The molecule has 0 aliphatic carbocycles. The van der Waals surface area contributed by atoms with Crippen molar-refractivity contribution in [2.75, 3.05) is 12.4 Å². The number of carbonyl (C=O) groups excluding carboxylic acids is 1. The third-order valence-electron chi connectivity index (χ3n) is 6.82. The van der Waals surface area contributed by atoms with Gasteiger partial charge in [0.25, 0.3) is 0 Å². The molecule has 2 amide bonds. The summed E-state index contributed by atoms with van der Waals surface area (Å²) >= 11 is 0. The molecular weight excluding hydrogens is 482 g/mol. The van der Waals surface area contributed by atoms with Crippen molar-refractivity contribution in [3.8, 4) is 16.9 Å². The van der Waals surface area contributed by atoms with Gasteiger partial charge in [0.1, 0.15) is 17.1 Å². The Balaban J connectivity index is 1.51. The number of carbonyl (C=O) groups is 1. The molecule has 2 aliphatic rings. The second-order valence-corrected chi connectivity index (χ2v) is 9.35. The Labute approximate surface area is 203 Å². The average Bonchev–Trinajstić information content (AvgIpc) is 3.25. The van der Waals surface area contributed by atoms with Crippen LogP contribution in [0.4, 0.5) is 28.0 Å². The number of alkyl halides is 3. The molecule has 5 rings (SSSR count). The van der Waals surface area contributed by atoms with Crippen LogP contribution in [0.2, 0.25) is 0 Å². The van der Waals surface area contributed by atoms with Gasteiger partial charge in [0.15, 0.2) is 0 Å². The lowest BCUT2D eigenvalue weighted by molar-refractivity contribution is -0.137. The Morgan fingerprint density at radius 1 is 1.22 bits per heavy atom. The van der Waals surface area contributed by atoms with Gasteiger partial charge < -0.3 is 19.4 Å². The normalized spacial score (nSPS) is 23.2. The molecule has 2 bridgehead atoms. The third kappa shape index (κ3) is 3.94. The van der Waals surface area contributed by atoms with Crippen LogP contribution in [0, 0.1) is 18.7 Å². The van der Waals surface area contributed by atoms with Gasteiger partial charge in [-0.15, -0.1) is 10.2 Å². The molecule has 0 spiro atoms. The van der Waals surface area contributed by atoms with E-state index in [1.165, 1.54) is 25.6 Å². The van der Waals surface area contributed by atoms with Gasteiger partial charge in [-0.05, 0) is 42.5 Å². The Morgan fingerprint density at radius 3 is 2.67 bits per heavy atom. The first-order chi connectivity index (χ1) is 17.0. The number of methoxy groups -OCH3 is 1.